The minimum atomic E-state index is -0.419. The molecule has 0 aliphatic heterocycles. The van der Waals surface area contributed by atoms with Gasteiger partial charge in [-0.25, -0.2) is 0 Å². The van der Waals surface area contributed by atoms with Crippen molar-refractivity contribution < 1.29 is 14.0 Å². The number of rotatable bonds is 6. The van der Waals surface area contributed by atoms with Crippen molar-refractivity contribution >= 4 is 23.6 Å². The zero-order chi connectivity index (χ0) is 19.9. The number of furan rings is 1. The SMILES string of the molecule is CCc1ccccc1NC(=O)/C(=C/c1ccco1)NC(=O)c1ccc(C)cc1. The summed E-state index contributed by atoms with van der Waals surface area (Å²) in [6.07, 6.45) is 3.80. The van der Waals surface area contributed by atoms with Crippen LogP contribution in [0.3, 0.4) is 0 Å². The molecule has 28 heavy (non-hydrogen) atoms. The molecule has 2 amide bonds. The van der Waals surface area contributed by atoms with E-state index in [0.717, 1.165) is 17.5 Å². The summed E-state index contributed by atoms with van der Waals surface area (Å²) in [5, 5.41) is 5.57. The van der Waals surface area contributed by atoms with Crippen LogP contribution in [0.1, 0.15) is 34.2 Å². The van der Waals surface area contributed by atoms with Crippen molar-refractivity contribution in [2.75, 3.05) is 5.32 Å². The number of para-hydroxylation sites is 1. The Bertz CT molecular complexity index is 987. The van der Waals surface area contributed by atoms with Gasteiger partial charge in [-0.05, 0) is 49.2 Å². The number of aryl methyl sites for hydroxylation is 2. The Labute approximate surface area is 164 Å². The van der Waals surface area contributed by atoms with E-state index in [2.05, 4.69) is 10.6 Å². The van der Waals surface area contributed by atoms with E-state index >= 15 is 0 Å². The second-order valence-corrected chi connectivity index (χ2v) is 6.36. The fraction of sp³-hybridized carbons (Fsp3) is 0.130. The molecule has 2 N–H and O–H groups in total. The van der Waals surface area contributed by atoms with Crippen LogP contribution in [0.15, 0.2) is 77.0 Å². The molecule has 0 radical (unpaired) electrons. The lowest BCUT2D eigenvalue weighted by molar-refractivity contribution is -0.113. The van der Waals surface area contributed by atoms with Gasteiger partial charge in [0.05, 0.1) is 6.26 Å². The summed E-state index contributed by atoms with van der Waals surface area (Å²) in [4.78, 5) is 25.5. The number of nitrogens with one attached hydrogen (secondary N) is 2. The molecule has 0 fully saturated rings. The van der Waals surface area contributed by atoms with Gasteiger partial charge in [-0.3, -0.25) is 9.59 Å². The van der Waals surface area contributed by atoms with E-state index in [-0.39, 0.29) is 11.6 Å². The van der Waals surface area contributed by atoms with E-state index < -0.39 is 5.91 Å². The first-order valence-corrected chi connectivity index (χ1v) is 9.09. The molecule has 1 aromatic heterocycles. The van der Waals surface area contributed by atoms with Crippen molar-refractivity contribution in [1.82, 2.24) is 5.32 Å². The number of benzene rings is 2. The van der Waals surface area contributed by atoms with Crippen LogP contribution in [-0.4, -0.2) is 11.8 Å². The van der Waals surface area contributed by atoms with Crippen molar-refractivity contribution in [3.05, 3.63) is 95.1 Å². The molecule has 0 atom stereocenters. The summed E-state index contributed by atoms with van der Waals surface area (Å²) < 4.78 is 5.30. The third-order valence-corrected chi connectivity index (χ3v) is 4.28. The topological polar surface area (TPSA) is 71.3 Å². The van der Waals surface area contributed by atoms with Crippen LogP contribution in [-0.2, 0) is 11.2 Å². The van der Waals surface area contributed by atoms with Crippen molar-refractivity contribution in [3.8, 4) is 0 Å². The maximum atomic E-state index is 12.9. The van der Waals surface area contributed by atoms with Gasteiger partial charge in [-0.2, -0.15) is 0 Å². The van der Waals surface area contributed by atoms with Crippen molar-refractivity contribution in [2.45, 2.75) is 20.3 Å². The molecular weight excluding hydrogens is 352 g/mol. The Hall–Kier alpha value is -3.60. The molecular formula is C23H22N2O3. The highest BCUT2D eigenvalue weighted by Gasteiger charge is 2.16. The highest BCUT2D eigenvalue weighted by atomic mass is 16.3. The zero-order valence-corrected chi connectivity index (χ0v) is 15.9. The average Bonchev–Trinajstić information content (AvgIpc) is 3.21. The molecule has 5 heteroatoms. The first kappa shape index (κ1) is 19.2. The predicted molar refractivity (Wildman–Crippen MR) is 110 cm³/mol. The highest BCUT2D eigenvalue weighted by molar-refractivity contribution is 6.10. The van der Waals surface area contributed by atoms with Crippen LogP contribution in [0.5, 0.6) is 0 Å². The average molecular weight is 374 g/mol. The van der Waals surface area contributed by atoms with Gasteiger partial charge in [0, 0.05) is 17.3 Å². The third-order valence-electron chi connectivity index (χ3n) is 4.28. The normalized spacial score (nSPS) is 11.1. The molecule has 2 aromatic carbocycles. The summed E-state index contributed by atoms with van der Waals surface area (Å²) >= 11 is 0. The molecule has 0 saturated heterocycles. The van der Waals surface area contributed by atoms with E-state index in [9.17, 15) is 9.59 Å². The predicted octanol–water partition coefficient (Wildman–Crippen LogP) is 4.56. The summed E-state index contributed by atoms with van der Waals surface area (Å²) in [5.74, 6) is -0.312. The second kappa shape index (κ2) is 8.86. The fourth-order valence-electron chi connectivity index (χ4n) is 2.71. The summed E-state index contributed by atoms with van der Waals surface area (Å²) in [5.41, 5.74) is 3.35. The number of hydrogen-bond acceptors (Lipinski definition) is 3. The summed E-state index contributed by atoms with van der Waals surface area (Å²) in [7, 11) is 0. The van der Waals surface area contributed by atoms with Crippen LogP contribution in [0.25, 0.3) is 6.08 Å². The largest absolute Gasteiger partial charge is 0.465 e. The number of carbonyl (C=O) groups is 2. The van der Waals surface area contributed by atoms with Crippen molar-refractivity contribution in [2.24, 2.45) is 0 Å². The summed E-state index contributed by atoms with van der Waals surface area (Å²) in [6, 6.07) is 18.1. The van der Waals surface area contributed by atoms with E-state index in [1.54, 1.807) is 24.3 Å². The lowest BCUT2D eigenvalue weighted by atomic mass is 10.1. The van der Waals surface area contributed by atoms with Crippen molar-refractivity contribution in [1.29, 1.82) is 0 Å². The maximum absolute atomic E-state index is 12.9. The van der Waals surface area contributed by atoms with Crippen LogP contribution in [0.2, 0.25) is 0 Å². The van der Waals surface area contributed by atoms with Crippen LogP contribution < -0.4 is 10.6 Å². The molecule has 142 valence electrons. The quantitative estimate of drug-likeness (QED) is 0.621. The lowest BCUT2D eigenvalue weighted by Crippen LogP contribution is -2.31. The van der Waals surface area contributed by atoms with Gasteiger partial charge in [0.1, 0.15) is 11.5 Å². The molecule has 3 aromatic rings. The number of amides is 2. The first-order valence-electron chi connectivity index (χ1n) is 9.09. The highest BCUT2D eigenvalue weighted by Crippen LogP contribution is 2.17. The molecule has 0 saturated carbocycles. The van der Waals surface area contributed by atoms with Gasteiger partial charge in [-0.15, -0.1) is 0 Å². The Kier molecular flexibility index (Phi) is 6.07. The van der Waals surface area contributed by atoms with Crippen LogP contribution in [0, 0.1) is 6.92 Å². The van der Waals surface area contributed by atoms with Gasteiger partial charge >= 0.3 is 0 Å². The molecule has 0 spiro atoms. The Morgan fingerprint density at radius 1 is 1.00 bits per heavy atom. The van der Waals surface area contributed by atoms with E-state index in [1.807, 2.05) is 50.2 Å². The Balaban J connectivity index is 1.85. The molecule has 0 aliphatic carbocycles. The van der Waals surface area contributed by atoms with E-state index in [1.165, 1.54) is 12.3 Å². The fourth-order valence-corrected chi connectivity index (χ4v) is 2.71. The van der Waals surface area contributed by atoms with Gasteiger partial charge in [0.25, 0.3) is 11.8 Å². The minimum absolute atomic E-state index is 0.103. The van der Waals surface area contributed by atoms with Gasteiger partial charge in [-0.1, -0.05) is 42.8 Å². The van der Waals surface area contributed by atoms with Gasteiger partial charge < -0.3 is 15.1 Å². The minimum Gasteiger partial charge on any atom is -0.465 e. The van der Waals surface area contributed by atoms with Gasteiger partial charge in [0.2, 0.25) is 0 Å². The summed E-state index contributed by atoms with van der Waals surface area (Å²) in [6.45, 7) is 3.96. The molecule has 0 unspecified atom stereocenters. The molecule has 5 nitrogen and oxygen atoms in total. The maximum Gasteiger partial charge on any atom is 0.272 e. The first-order chi connectivity index (χ1) is 13.6. The molecule has 0 bridgehead atoms. The number of hydrogen-bond donors (Lipinski definition) is 2. The van der Waals surface area contributed by atoms with E-state index in [0.29, 0.717) is 17.0 Å². The monoisotopic (exact) mass is 374 g/mol. The smallest absolute Gasteiger partial charge is 0.272 e. The van der Waals surface area contributed by atoms with Crippen molar-refractivity contribution in [3.63, 3.8) is 0 Å². The number of carbonyl (C=O) groups excluding carboxylic acids is 2. The zero-order valence-electron chi connectivity index (χ0n) is 15.9. The Morgan fingerprint density at radius 3 is 2.43 bits per heavy atom. The van der Waals surface area contributed by atoms with Gasteiger partial charge in [0.15, 0.2) is 0 Å². The van der Waals surface area contributed by atoms with Crippen LogP contribution >= 0.6 is 0 Å². The standard InChI is InChI=1S/C23H22N2O3/c1-3-17-7-4-5-9-20(17)24-23(27)21(15-19-8-6-14-28-19)25-22(26)18-12-10-16(2)11-13-18/h4-15H,3H2,1-2H3,(H,24,27)(H,25,26)/b21-15-. The molecule has 1 heterocycles. The van der Waals surface area contributed by atoms with E-state index in [4.69, 9.17) is 4.42 Å². The van der Waals surface area contributed by atoms with Crippen LogP contribution in [0.4, 0.5) is 5.69 Å². The molecule has 3 rings (SSSR count). The third kappa shape index (κ3) is 4.76. The Morgan fingerprint density at radius 2 is 1.75 bits per heavy atom. The second-order valence-electron chi connectivity index (χ2n) is 6.36. The lowest BCUT2D eigenvalue weighted by Gasteiger charge is -2.13. The molecule has 0 aliphatic rings. The number of anilines is 1.